The Hall–Kier alpha value is -1.80. The zero-order valence-corrected chi connectivity index (χ0v) is 13.2. The molecule has 0 bridgehead atoms. The molecule has 122 valence electrons. The molecule has 0 N–H and O–H groups in total. The van der Waals surface area contributed by atoms with Crippen LogP contribution in [0.25, 0.3) is 0 Å². The third-order valence-corrected chi connectivity index (χ3v) is 3.59. The van der Waals surface area contributed by atoms with Crippen LogP contribution >= 0.6 is 0 Å². The maximum Gasteiger partial charge on any atom is 0.311 e. The summed E-state index contributed by atoms with van der Waals surface area (Å²) >= 11 is 0. The number of carbonyl (C=O) groups excluding carboxylic acids is 1. The summed E-state index contributed by atoms with van der Waals surface area (Å²) < 4.78 is 42.4. The van der Waals surface area contributed by atoms with Crippen LogP contribution < -0.4 is 9.47 Å². The summed E-state index contributed by atoms with van der Waals surface area (Å²) in [6.45, 7) is 1.81. The highest BCUT2D eigenvalue weighted by molar-refractivity contribution is 7.85. The maximum atomic E-state index is 11.9. The summed E-state index contributed by atoms with van der Waals surface area (Å²) in [5.74, 6) is 0.0341. The molecule has 0 spiro atoms. The topological polar surface area (TPSA) is 88.1 Å². The third kappa shape index (κ3) is 4.60. The molecule has 7 nitrogen and oxygen atoms in total. The Balaban J connectivity index is 2.09. The number of hydrogen-bond acceptors (Lipinski definition) is 7. The molecule has 0 saturated carbocycles. The minimum Gasteiger partial charge on any atom is -0.466 e. The zero-order chi connectivity index (χ0) is 16.2. The van der Waals surface area contributed by atoms with Crippen LogP contribution in [0.5, 0.6) is 11.5 Å². The first-order valence-corrected chi connectivity index (χ1v) is 8.60. The molecule has 1 aliphatic rings. The van der Waals surface area contributed by atoms with Crippen LogP contribution in [0.15, 0.2) is 18.2 Å². The molecule has 0 radical (unpaired) electrons. The average molecular weight is 330 g/mol. The van der Waals surface area contributed by atoms with Crippen molar-refractivity contribution in [2.45, 2.75) is 13.3 Å². The molecule has 8 heteroatoms. The van der Waals surface area contributed by atoms with E-state index in [1.165, 1.54) is 0 Å². The lowest BCUT2D eigenvalue weighted by Crippen LogP contribution is -2.26. The van der Waals surface area contributed by atoms with Crippen LogP contribution in [0.2, 0.25) is 0 Å². The van der Waals surface area contributed by atoms with E-state index in [-0.39, 0.29) is 26.4 Å². The lowest BCUT2D eigenvalue weighted by molar-refractivity contribution is -0.148. The number of carbonyl (C=O) groups is 1. The second-order valence-corrected chi connectivity index (χ2v) is 6.47. The van der Waals surface area contributed by atoms with Crippen molar-refractivity contribution < 1.29 is 31.6 Å². The van der Waals surface area contributed by atoms with Gasteiger partial charge in [-0.1, -0.05) is 6.07 Å². The first kappa shape index (κ1) is 16.6. The number of ether oxygens (including phenoxy) is 3. The van der Waals surface area contributed by atoms with Gasteiger partial charge in [-0.2, -0.15) is 8.42 Å². The first-order valence-electron chi connectivity index (χ1n) is 6.78. The van der Waals surface area contributed by atoms with Crippen molar-refractivity contribution in [2.75, 3.05) is 26.3 Å². The highest BCUT2D eigenvalue weighted by Gasteiger charge is 2.24. The van der Waals surface area contributed by atoms with Crippen molar-refractivity contribution in [2.24, 2.45) is 5.92 Å². The third-order valence-electron chi connectivity index (χ3n) is 3.02. The van der Waals surface area contributed by atoms with Gasteiger partial charge in [0.05, 0.1) is 25.4 Å². The molecular weight excluding hydrogens is 312 g/mol. The number of rotatable bonds is 7. The quantitative estimate of drug-likeness (QED) is 0.546. The van der Waals surface area contributed by atoms with Crippen molar-refractivity contribution in [3.63, 3.8) is 0 Å². The van der Waals surface area contributed by atoms with Gasteiger partial charge in [0.1, 0.15) is 0 Å². The van der Waals surface area contributed by atoms with Gasteiger partial charge in [-0.05, 0) is 31.0 Å². The molecule has 1 aliphatic heterocycles. The van der Waals surface area contributed by atoms with E-state index in [1.54, 1.807) is 25.1 Å². The molecule has 1 aromatic rings. The van der Waals surface area contributed by atoms with Crippen LogP contribution in [-0.2, 0) is 30.3 Å². The highest BCUT2D eigenvalue weighted by atomic mass is 32.2. The largest absolute Gasteiger partial charge is 0.466 e. The van der Waals surface area contributed by atoms with E-state index >= 15 is 0 Å². The number of benzene rings is 1. The van der Waals surface area contributed by atoms with Crippen molar-refractivity contribution in [1.29, 1.82) is 0 Å². The highest BCUT2D eigenvalue weighted by Crippen LogP contribution is 2.33. The fraction of sp³-hybridized carbons (Fsp3) is 0.500. The Morgan fingerprint density at radius 2 is 2.05 bits per heavy atom. The number of fused-ring (bicyclic) bond motifs is 1. The van der Waals surface area contributed by atoms with Crippen molar-refractivity contribution >= 4 is 16.1 Å². The van der Waals surface area contributed by atoms with E-state index in [0.717, 1.165) is 11.8 Å². The number of hydrogen-bond donors (Lipinski definition) is 0. The van der Waals surface area contributed by atoms with E-state index in [4.69, 9.17) is 18.4 Å². The molecule has 0 amide bonds. The van der Waals surface area contributed by atoms with Gasteiger partial charge in [-0.3, -0.25) is 8.98 Å². The SMILES string of the molecule is CCOC(=O)[C@@H](COS(C)(=O)=O)Cc1ccc2c(c1)OCO2. The summed E-state index contributed by atoms with van der Waals surface area (Å²) in [4.78, 5) is 11.9. The van der Waals surface area contributed by atoms with Gasteiger partial charge in [0.15, 0.2) is 11.5 Å². The van der Waals surface area contributed by atoms with Crippen LogP contribution in [0.1, 0.15) is 12.5 Å². The average Bonchev–Trinajstić information content (AvgIpc) is 2.90. The Bertz CT molecular complexity index is 639. The Kier molecular flexibility index (Phi) is 5.25. The Labute approximate surface area is 129 Å². The minimum absolute atomic E-state index is 0.164. The molecule has 22 heavy (non-hydrogen) atoms. The molecule has 0 aliphatic carbocycles. The van der Waals surface area contributed by atoms with Crippen LogP contribution in [0, 0.1) is 5.92 Å². The smallest absolute Gasteiger partial charge is 0.311 e. The van der Waals surface area contributed by atoms with E-state index in [9.17, 15) is 13.2 Å². The predicted molar refractivity (Wildman–Crippen MR) is 77.2 cm³/mol. The molecule has 1 aromatic carbocycles. The lowest BCUT2D eigenvalue weighted by atomic mass is 10.00. The van der Waals surface area contributed by atoms with E-state index < -0.39 is 22.0 Å². The van der Waals surface area contributed by atoms with Crippen molar-refractivity contribution in [1.82, 2.24) is 0 Å². The van der Waals surface area contributed by atoms with Gasteiger partial charge in [-0.15, -0.1) is 0 Å². The van der Waals surface area contributed by atoms with Gasteiger partial charge >= 0.3 is 5.97 Å². The van der Waals surface area contributed by atoms with Crippen molar-refractivity contribution in [3.8, 4) is 11.5 Å². The van der Waals surface area contributed by atoms with Gasteiger partial charge in [0, 0.05) is 0 Å². The van der Waals surface area contributed by atoms with Crippen LogP contribution in [0.3, 0.4) is 0 Å². The summed E-state index contributed by atoms with van der Waals surface area (Å²) in [6.07, 6.45) is 1.22. The molecular formula is C14H18O7S. The van der Waals surface area contributed by atoms with Crippen LogP contribution in [0.4, 0.5) is 0 Å². The normalized spacial score (nSPS) is 14.6. The molecule has 2 rings (SSSR count). The first-order chi connectivity index (χ1) is 10.4. The fourth-order valence-corrected chi connectivity index (χ4v) is 2.44. The van der Waals surface area contributed by atoms with Gasteiger partial charge in [0.25, 0.3) is 10.1 Å². The van der Waals surface area contributed by atoms with E-state index in [1.807, 2.05) is 0 Å². The summed E-state index contributed by atoms with van der Waals surface area (Å²) in [6, 6.07) is 5.30. The maximum absolute atomic E-state index is 11.9. The van der Waals surface area contributed by atoms with Gasteiger partial charge in [0.2, 0.25) is 6.79 Å². The Morgan fingerprint density at radius 3 is 2.73 bits per heavy atom. The van der Waals surface area contributed by atoms with Gasteiger partial charge < -0.3 is 14.2 Å². The lowest BCUT2D eigenvalue weighted by Gasteiger charge is -2.15. The van der Waals surface area contributed by atoms with Crippen molar-refractivity contribution in [3.05, 3.63) is 23.8 Å². The molecule has 1 heterocycles. The van der Waals surface area contributed by atoms with Crippen LogP contribution in [-0.4, -0.2) is 40.6 Å². The summed E-state index contributed by atoms with van der Waals surface area (Å²) in [5.41, 5.74) is 0.805. The predicted octanol–water partition coefficient (Wildman–Crippen LogP) is 1.11. The zero-order valence-electron chi connectivity index (χ0n) is 12.4. The fourth-order valence-electron chi connectivity index (χ4n) is 2.03. The molecule has 0 unspecified atom stereocenters. The van der Waals surface area contributed by atoms with E-state index in [0.29, 0.717) is 11.5 Å². The molecule has 0 aromatic heterocycles. The summed E-state index contributed by atoms with van der Waals surface area (Å²) in [5, 5.41) is 0. The van der Waals surface area contributed by atoms with Gasteiger partial charge in [-0.25, -0.2) is 0 Å². The number of esters is 1. The summed E-state index contributed by atoms with van der Waals surface area (Å²) in [7, 11) is -3.62. The second-order valence-electron chi connectivity index (χ2n) is 4.83. The molecule has 1 atom stereocenters. The second kappa shape index (κ2) is 6.97. The monoisotopic (exact) mass is 330 g/mol. The Morgan fingerprint density at radius 1 is 1.32 bits per heavy atom. The molecule has 0 fully saturated rings. The van der Waals surface area contributed by atoms with E-state index in [2.05, 4.69) is 0 Å². The minimum atomic E-state index is -3.62. The standard InChI is InChI=1S/C14H18O7S/c1-3-18-14(15)11(8-21-22(2,16)17)6-10-4-5-12-13(7-10)20-9-19-12/h4-5,7,11H,3,6,8-9H2,1-2H3/t11-/m1/s1. The molecule has 0 saturated heterocycles.